The van der Waals surface area contributed by atoms with Gasteiger partial charge in [-0.25, -0.2) is 0 Å². The molecule has 2 rings (SSSR count). The first-order chi connectivity index (χ1) is 8.72. The minimum Gasteiger partial charge on any atom is -0.356 e. The van der Waals surface area contributed by atoms with E-state index in [2.05, 4.69) is 15.6 Å². The molecule has 2 aromatic rings. The van der Waals surface area contributed by atoms with Gasteiger partial charge in [0.25, 0.3) is 0 Å². The van der Waals surface area contributed by atoms with Gasteiger partial charge in [-0.05, 0) is 13.0 Å². The van der Waals surface area contributed by atoms with Gasteiger partial charge in [-0.3, -0.25) is 4.79 Å². The van der Waals surface area contributed by atoms with E-state index in [-0.39, 0.29) is 5.91 Å². The van der Waals surface area contributed by atoms with Crippen LogP contribution in [0, 0.1) is 0 Å². The van der Waals surface area contributed by atoms with Crippen LogP contribution in [0.25, 0.3) is 10.9 Å². The molecular formula is C13H16ClN3O. The Morgan fingerprint density at radius 1 is 1.39 bits per heavy atom. The number of H-pyrrole nitrogens is 1. The van der Waals surface area contributed by atoms with E-state index in [1.807, 2.05) is 31.2 Å². The topological polar surface area (TPSA) is 56.9 Å². The van der Waals surface area contributed by atoms with E-state index in [9.17, 15) is 4.79 Å². The Morgan fingerprint density at radius 3 is 2.89 bits per heavy atom. The highest BCUT2D eigenvalue weighted by Crippen LogP contribution is 2.26. The van der Waals surface area contributed by atoms with E-state index < -0.39 is 0 Å². The van der Waals surface area contributed by atoms with Crippen LogP contribution in [0.5, 0.6) is 0 Å². The third-order valence-corrected chi connectivity index (χ3v) is 3.11. The molecule has 0 saturated carbocycles. The average Bonchev–Trinajstić information content (AvgIpc) is 2.68. The molecule has 0 unspecified atom stereocenters. The largest absolute Gasteiger partial charge is 0.356 e. The summed E-state index contributed by atoms with van der Waals surface area (Å²) in [6.45, 7) is 3.38. The van der Waals surface area contributed by atoms with Crippen molar-refractivity contribution in [3.05, 3.63) is 35.0 Å². The lowest BCUT2D eigenvalue weighted by Crippen LogP contribution is -2.33. The lowest BCUT2D eigenvalue weighted by molar-refractivity contribution is -0.120. The van der Waals surface area contributed by atoms with E-state index in [0.29, 0.717) is 24.7 Å². The number of para-hydroxylation sites is 1. The number of hydrogen-bond acceptors (Lipinski definition) is 2. The fourth-order valence-electron chi connectivity index (χ4n) is 1.85. The predicted octanol–water partition coefficient (Wildman–Crippen LogP) is 2.05. The number of carbonyl (C=O) groups is 1. The standard InChI is InChI=1S/C13H16ClN3O/c1-2-16-12(18)8-15-7-11-13(14)9-5-3-4-6-10(9)17-11/h3-6,15,17H,2,7-8H2,1H3,(H,16,18). The number of halogens is 1. The van der Waals surface area contributed by atoms with Crippen LogP contribution in [0.15, 0.2) is 24.3 Å². The highest BCUT2D eigenvalue weighted by molar-refractivity contribution is 6.36. The number of nitrogens with one attached hydrogen (secondary N) is 3. The summed E-state index contributed by atoms with van der Waals surface area (Å²) in [6.07, 6.45) is 0. The lowest BCUT2D eigenvalue weighted by Gasteiger charge is -2.04. The van der Waals surface area contributed by atoms with Gasteiger partial charge in [-0.1, -0.05) is 29.8 Å². The van der Waals surface area contributed by atoms with Crippen molar-refractivity contribution in [2.24, 2.45) is 0 Å². The van der Waals surface area contributed by atoms with Gasteiger partial charge < -0.3 is 15.6 Å². The van der Waals surface area contributed by atoms with E-state index in [4.69, 9.17) is 11.6 Å². The Hall–Kier alpha value is -1.52. The van der Waals surface area contributed by atoms with Gasteiger partial charge in [0.05, 0.1) is 11.6 Å². The molecule has 5 heteroatoms. The van der Waals surface area contributed by atoms with Gasteiger partial charge in [0, 0.05) is 29.7 Å². The van der Waals surface area contributed by atoms with Gasteiger partial charge in [0.1, 0.15) is 0 Å². The SMILES string of the molecule is CCNC(=O)CNCc1[nH]c2ccccc2c1Cl. The molecule has 0 aliphatic heterocycles. The second-order valence-corrected chi connectivity index (χ2v) is 4.40. The van der Waals surface area contributed by atoms with Crippen LogP contribution in [-0.2, 0) is 11.3 Å². The summed E-state index contributed by atoms with van der Waals surface area (Å²) < 4.78 is 0. The number of likely N-dealkylation sites (N-methyl/N-ethyl adjacent to an activating group) is 1. The fraction of sp³-hybridized carbons (Fsp3) is 0.308. The Kier molecular flexibility index (Phi) is 4.23. The number of carbonyl (C=O) groups excluding carboxylic acids is 1. The summed E-state index contributed by atoms with van der Waals surface area (Å²) in [4.78, 5) is 14.5. The normalized spacial score (nSPS) is 10.8. The molecule has 0 fully saturated rings. The molecule has 0 saturated heterocycles. The van der Waals surface area contributed by atoms with Crippen molar-refractivity contribution < 1.29 is 4.79 Å². The number of amides is 1. The summed E-state index contributed by atoms with van der Waals surface area (Å²) in [5, 5.41) is 7.51. The molecule has 3 N–H and O–H groups in total. The molecule has 1 heterocycles. The summed E-state index contributed by atoms with van der Waals surface area (Å²) in [5.74, 6) is -0.00951. The Labute approximate surface area is 111 Å². The first-order valence-electron chi connectivity index (χ1n) is 5.95. The highest BCUT2D eigenvalue weighted by atomic mass is 35.5. The third kappa shape index (κ3) is 2.83. The number of rotatable bonds is 5. The van der Waals surface area contributed by atoms with Gasteiger partial charge in [0.15, 0.2) is 0 Å². The lowest BCUT2D eigenvalue weighted by atomic mass is 10.2. The van der Waals surface area contributed by atoms with Crippen LogP contribution < -0.4 is 10.6 Å². The minimum atomic E-state index is -0.00951. The van der Waals surface area contributed by atoms with Crippen LogP contribution in [-0.4, -0.2) is 24.0 Å². The first kappa shape index (κ1) is 12.9. The third-order valence-electron chi connectivity index (χ3n) is 2.68. The van der Waals surface area contributed by atoms with Crippen molar-refractivity contribution in [2.45, 2.75) is 13.5 Å². The van der Waals surface area contributed by atoms with E-state index in [1.165, 1.54) is 0 Å². The van der Waals surface area contributed by atoms with Crippen LogP contribution in [0.1, 0.15) is 12.6 Å². The second kappa shape index (κ2) is 5.89. The molecule has 0 bridgehead atoms. The molecule has 0 aliphatic rings. The molecule has 1 aromatic carbocycles. The predicted molar refractivity (Wildman–Crippen MR) is 73.7 cm³/mol. The van der Waals surface area contributed by atoms with E-state index in [0.717, 1.165) is 16.6 Å². The molecule has 1 aromatic heterocycles. The smallest absolute Gasteiger partial charge is 0.233 e. The van der Waals surface area contributed by atoms with Crippen molar-refractivity contribution in [3.63, 3.8) is 0 Å². The summed E-state index contributed by atoms with van der Waals surface area (Å²) in [6, 6.07) is 7.87. The van der Waals surface area contributed by atoms with Crippen LogP contribution in [0.3, 0.4) is 0 Å². The fourth-order valence-corrected chi connectivity index (χ4v) is 2.12. The van der Waals surface area contributed by atoms with Gasteiger partial charge in [-0.15, -0.1) is 0 Å². The molecule has 0 aliphatic carbocycles. The van der Waals surface area contributed by atoms with Crippen LogP contribution >= 0.6 is 11.6 Å². The number of benzene rings is 1. The number of aromatic nitrogens is 1. The minimum absolute atomic E-state index is 0.00951. The van der Waals surface area contributed by atoms with Crippen molar-refractivity contribution in [2.75, 3.05) is 13.1 Å². The van der Waals surface area contributed by atoms with Crippen molar-refractivity contribution in [1.29, 1.82) is 0 Å². The summed E-state index contributed by atoms with van der Waals surface area (Å²) in [7, 11) is 0. The maximum Gasteiger partial charge on any atom is 0.233 e. The van der Waals surface area contributed by atoms with Crippen LogP contribution in [0.2, 0.25) is 5.02 Å². The van der Waals surface area contributed by atoms with Gasteiger partial charge >= 0.3 is 0 Å². The van der Waals surface area contributed by atoms with Crippen LogP contribution in [0.4, 0.5) is 0 Å². The Bertz CT molecular complexity index is 550. The molecule has 18 heavy (non-hydrogen) atoms. The summed E-state index contributed by atoms with van der Waals surface area (Å²) >= 11 is 6.26. The van der Waals surface area contributed by atoms with E-state index >= 15 is 0 Å². The maximum atomic E-state index is 11.3. The zero-order valence-electron chi connectivity index (χ0n) is 10.2. The maximum absolute atomic E-state index is 11.3. The molecule has 0 radical (unpaired) electrons. The van der Waals surface area contributed by atoms with E-state index in [1.54, 1.807) is 0 Å². The Morgan fingerprint density at radius 2 is 2.17 bits per heavy atom. The molecule has 0 spiro atoms. The number of fused-ring (bicyclic) bond motifs is 1. The molecule has 1 amide bonds. The first-order valence-corrected chi connectivity index (χ1v) is 6.32. The Balaban J connectivity index is 1.99. The molecule has 0 atom stereocenters. The molecular weight excluding hydrogens is 250 g/mol. The zero-order chi connectivity index (χ0) is 13.0. The summed E-state index contributed by atoms with van der Waals surface area (Å²) in [5.41, 5.74) is 1.92. The molecule has 4 nitrogen and oxygen atoms in total. The van der Waals surface area contributed by atoms with Gasteiger partial charge in [-0.2, -0.15) is 0 Å². The zero-order valence-corrected chi connectivity index (χ0v) is 11.0. The average molecular weight is 266 g/mol. The van der Waals surface area contributed by atoms with Crippen molar-refractivity contribution >= 4 is 28.4 Å². The van der Waals surface area contributed by atoms with Crippen molar-refractivity contribution in [1.82, 2.24) is 15.6 Å². The highest BCUT2D eigenvalue weighted by Gasteiger charge is 2.08. The van der Waals surface area contributed by atoms with Gasteiger partial charge in [0.2, 0.25) is 5.91 Å². The number of hydrogen-bond donors (Lipinski definition) is 3. The second-order valence-electron chi connectivity index (χ2n) is 4.02. The quantitative estimate of drug-likeness (QED) is 0.775. The monoisotopic (exact) mass is 265 g/mol. The molecule has 96 valence electrons. The van der Waals surface area contributed by atoms with Crippen molar-refractivity contribution in [3.8, 4) is 0 Å². The number of aromatic amines is 1.